The number of hydrogen-bond donors (Lipinski definition) is 2. The first-order valence-electron chi connectivity index (χ1n) is 10.4. The number of nitrogens with zero attached hydrogens (tertiary/aromatic N) is 2. The number of nitrogens with one attached hydrogen (secondary N) is 2. The van der Waals surface area contributed by atoms with Crippen LogP contribution in [0.1, 0.15) is 54.9 Å². The number of amides is 1. The van der Waals surface area contributed by atoms with Crippen LogP contribution in [0.15, 0.2) is 29.3 Å². The van der Waals surface area contributed by atoms with Gasteiger partial charge in [0.1, 0.15) is 0 Å². The summed E-state index contributed by atoms with van der Waals surface area (Å²) in [5.41, 5.74) is 1.82. The third-order valence-electron chi connectivity index (χ3n) is 6.06. The Morgan fingerprint density at radius 3 is 2.52 bits per heavy atom. The first kappa shape index (κ1) is 19.7. The molecule has 1 aromatic carbocycles. The van der Waals surface area contributed by atoms with Crippen LogP contribution >= 0.6 is 0 Å². The molecule has 3 rings (SSSR count). The van der Waals surface area contributed by atoms with E-state index < -0.39 is 0 Å². The summed E-state index contributed by atoms with van der Waals surface area (Å²) < 4.78 is 0. The van der Waals surface area contributed by atoms with Crippen molar-refractivity contribution in [3.63, 3.8) is 0 Å². The quantitative estimate of drug-likeness (QED) is 0.572. The molecule has 2 aliphatic carbocycles. The molecule has 3 atom stereocenters. The number of carbonyl (C=O) groups is 1. The molecule has 3 unspecified atom stereocenters. The molecular weight excluding hydrogens is 336 g/mol. The SMILES string of the molecule is CCNC(=NCc1ccc(C(=O)N(C)C)cc1)NCCC1CC2CCC1C2. The molecule has 27 heavy (non-hydrogen) atoms. The largest absolute Gasteiger partial charge is 0.357 e. The van der Waals surface area contributed by atoms with Crippen molar-refractivity contribution in [3.05, 3.63) is 35.4 Å². The van der Waals surface area contributed by atoms with Gasteiger partial charge in [-0.15, -0.1) is 0 Å². The van der Waals surface area contributed by atoms with Gasteiger partial charge in [0.05, 0.1) is 6.54 Å². The molecule has 2 aliphatic rings. The zero-order valence-electron chi connectivity index (χ0n) is 17.0. The van der Waals surface area contributed by atoms with Crippen molar-refractivity contribution >= 4 is 11.9 Å². The average Bonchev–Trinajstić information content (AvgIpc) is 3.29. The highest BCUT2D eigenvalue weighted by Crippen LogP contribution is 2.49. The maximum absolute atomic E-state index is 12.0. The molecule has 5 nitrogen and oxygen atoms in total. The molecule has 0 aliphatic heterocycles. The van der Waals surface area contributed by atoms with Gasteiger partial charge in [0.2, 0.25) is 0 Å². The topological polar surface area (TPSA) is 56.7 Å². The number of benzene rings is 1. The van der Waals surface area contributed by atoms with Gasteiger partial charge < -0.3 is 15.5 Å². The molecule has 2 N–H and O–H groups in total. The van der Waals surface area contributed by atoms with Gasteiger partial charge in [0, 0.05) is 32.7 Å². The number of carbonyl (C=O) groups excluding carboxylic acids is 1. The van der Waals surface area contributed by atoms with Gasteiger partial charge in [0.15, 0.2) is 5.96 Å². The Morgan fingerprint density at radius 1 is 1.15 bits per heavy atom. The van der Waals surface area contributed by atoms with Crippen LogP contribution in [0.4, 0.5) is 0 Å². The fourth-order valence-electron chi connectivity index (χ4n) is 4.63. The Bertz CT molecular complexity index is 653. The summed E-state index contributed by atoms with van der Waals surface area (Å²) >= 11 is 0. The van der Waals surface area contributed by atoms with Crippen LogP contribution < -0.4 is 10.6 Å². The van der Waals surface area contributed by atoms with Gasteiger partial charge in [-0.2, -0.15) is 0 Å². The Balaban J connectivity index is 1.48. The fourth-order valence-corrected chi connectivity index (χ4v) is 4.63. The van der Waals surface area contributed by atoms with E-state index in [1.54, 1.807) is 19.0 Å². The standard InChI is InChI=1S/C22H34N4O/c1-4-23-22(24-12-11-20-14-17-7-10-19(20)13-17)25-15-16-5-8-18(9-6-16)21(27)26(2)3/h5-6,8-9,17,19-20H,4,7,10-15H2,1-3H3,(H2,23,24,25). The van der Waals surface area contributed by atoms with Crippen LogP contribution in [-0.4, -0.2) is 44.0 Å². The van der Waals surface area contributed by atoms with Crippen LogP contribution in [0.25, 0.3) is 0 Å². The molecule has 2 saturated carbocycles. The summed E-state index contributed by atoms with van der Waals surface area (Å²) in [4.78, 5) is 18.3. The normalized spacial score (nSPS) is 24.1. The molecule has 0 heterocycles. The van der Waals surface area contributed by atoms with Gasteiger partial charge in [0.25, 0.3) is 5.91 Å². The fraction of sp³-hybridized carbons (Fsp3) is 0.636. The van der Waals surface area contributed by atoms with Crippen molar-refractivity contribution in [2.75, 3.05) is 27.2 Å². The van der Waals surface area contributed by atoms with E-state index >= 15 is 0 Å². The predicted molar refractivity (Wildman–Crippen MR) is 111 cm³/mol. The third kappa shape index (κ3) is 5.24. The van der Waals surface area contributed by atoms with Crippen molar-refractivity contribution in [2.45, 2.75) is 45.6 Å². The Labute approximate surface area is 163 Å². The summed E-state index contributed by atoms with van der Waals surface area (Å²) in [7, 11) is 3.54. The Kier molecular flexibility index (Phi) is 6.75. The lowest BCUT2D eigenvalue weighted by Gasteiger charge is -2.22. The monoisotopic (exact) mass is 370 g/mol. The maximum atomic E-state index is 12.0. The Hall–Kier alpha value is -2.04. The van der Waals surface area contributed by atoms with Gasteiger partial charge in [-0.05, 0) is 68.1 Å². The summed E-state index contributed by atoms with van der Waals surface area (Å²) in [5.74, 6) is 3.83. The highest BCUT2D eigenvalue weighted by molar-refractivity contribution is 5.93. The van der Waals surface area contributed by atoms with E-state index in [-0.39, 0.29) is 5.91 Å². The summed E-state index contributed by atoms with van der Waals surface area (Å²) in [5, 5.41) is 6.83. The number of aliphatic imine (C=N–C) groups is 1. The molecular formula is C22H34N4O. The molecule has 0 aromatic heterocycles. The van der Waals surface area contributed by atoms with E-state index in [4.69, 9.17) is 4.99 Å². The lowest BCUT2D eigenvalue weighted by atomic mass is 9.86. The van der Waals surface area contributed by atoms with E-state index in [1.165, 1.54) is 32.1 Å². The minimum absolute atomic E-state index is 0.0284. The number of fused-ring (bicyclic) bond motifs is 2. The predicted octanol–water partition coefficient (Wildman–Crippen LogP) is 3.27. The second kappa shape index (κ2) is 9.25. The highest BCUT2D eigenvalue weighted by Gasteiger charge is 2.38. The molecule has 1 amide bonds. The van der Waals surface area contributed by atoms with E-state index in [1.807, 2.05) is 24.3 Å². The van der Waals surface area contributed by atoms with Crippen LogP contribution in [0.2, 0.25) is 0 Å². The molecule has 148 valence electrons. The minimum atomic E-state index is 0.0284. The second-order valence-corrected chi connectivity index (χ2v) is 8.24. The van der Waals surface area contributed by atoms with E-state index in [2.05, 4.69) is 17.6 Å². The van der Waals surface area contributed by atoms with Crippen molar-refractivity contribution in [2.24, 2.45) is 22.7 Å². The molecule has 2 bridgehead atoms. The van der Waals surface area contributed by atoms with Crippen LogP contribution in [-0.2, 0) is 6.54 Å². The molecule has 5 heteroatoms. The summed E-state index contributed by atoms with van der Waals surface area (Å²) in [6, 6.07) is 7.73. The number of rotatable bonds is 7. The average molecular weight is 371 g/mol. The van der Waals surface area contributed by atoms with Gasteiger partial charge in [-0.25, -0.2) is 4.99 Å². The summed E-state index contributed by atoms with van der Waals surface area (Å²) in [6.45, 7) is 4.56. The van der Waals surface area contributed by atoms with Crippen molar-refractivity contribution in [1.29, 1.82) is 0 Å². The number of hydrogen-bond acceptors (Lipinski definition) is 2. The zero-order valence-corrected chi connectivity index (χ0v) is 17.0. The molecule has 1 aromatic rings. The van der Waals surface area contributed by atoms with E-state index in [0.717, 1.165) is 42.4 Å². The van der Waals surface area contributed by atoms with E-state index in [0.29, 0.717) is 12.1 Å². The van der Waals surface area contributed by atoms with Crippen LogP contribution in [0, 0.1) is 17.8 Å². The number of guanidine groups is 1. The van der Waals surface area contributed by atoms with Crippen molar-refractivity contribution in [3.8, 4) is 0 Å². The van der Waals surface area contributed by atoms with Crippen LogP contribution in [0.3, 0.4) is 0 Å². The molecule has 0 radical (unpaired) electrons. The molecule has 0 spiro atoms. The molecule has 0 saturated heterocycles. The first-order chi connectivity index (χ1) is 13.1. The van der Waals surface area contributed by atoms with Crippen LogP contribution in [0.5, 0.6) is 0 Å². The van der Waals surface area contributed by atoms with Gasteiger partial charge >= 0.3 is 0 Å². The lowest BCUT2D eigenvalue weighted by molar-refractivity contribution is 0.0827. The van der Waals surface area contributed by atoms with Crippen molar-refractivity contribution in [1.82, 2.24) is 15.5 Å². The second-order valence-electron chi connectivity index (χ2n) is 8.24. The smallest absolute Gasteiger partial charge is 0.253 e. The highest BCUT2D eigenvalue weighted by atomic mass is 16.2. The summed E-state index contributed by atoms with van der Waals surface area (Å²) in [6.07, 6.45) is 7.10. The minimum Gasteiger partial charge on any atom is -0.357 e. The van der Waals surface area contributed by atoms with Gasteiger partial charge in [-0.3, -0.25) is 4.79 Å². The first-order valence-corrected chi connectivity index (χ1v) is 10.4. The van der Waals surface area contributed by atoms with Crippen molar-refractivity contribution < 1.29 is 4.79 Å². The lowest BCUT2D eigenvalue weighted by Crippen LogP contribution is -2.38. The third-order valence-corrected chi connectivity index (χ3v) is 6.06. The molecule has 2 fully saturated rings. The zero-order chi connectivity index (χ0) is 19.2. The van der Waals surface area contributed by atoms with E-state index in [9.17, 15) is 4.79 Å². The van der Waals surface area contributed by atoms with Gasteiger partial charge in [-0.1, -0.05) is 18.6 Å². The maximum Gasteiger partial charge on any atom is 0.253 e. The Morgan fingerprint density at radius 2 is 1.93 bits per heavy atom.